The quantitative estimate of drug-likeness (QED) is 0.648. The smallest absolute Gasteiger partial charge is 0.0953 e. The number of ether oxygens (including phenoxy) is 1. The third-order valence-electron chi connectivity index (χ3n) is 3.97. The van der Waals surface area contributed by atoms with Crippen molar-refractivity contribution in [2.45, 2.75) is 19.3 Å². The molecule has 1 atom stereocenters. The SMILES string of the molecule is c1ccc(CNCC(OCc2ccccc2)c2ccccc2)cc1. The summed E-state index contributed by atoms with van der Waals surface area (Å²) in [5.74, 6) is 0. The highest BCUT2D eigenvalue weighted by atomic mass is 16.5. The second kappa shape index (κ2) is 9.02. The van der Waals surface area contributed by atoms with Crippen LogP contribution in [0.25, 0.3) is 0 Å². The van der Waals surface area contributed by atoms with Gasteiger partial charge in [-0.25, -0.2) is 0 Å². The molecular weight excluding hydrogens is 294 g/mol. The van der Waals surface area contributed by atoms with Crippen LogP contribution in [0.1, 0.15) is 22.8 Å². The molecule has 0 aromatic heterocycles. The molecule has 0 amide bonds. The van der Waals surface area contributed by atoms with E-state index in [1.54, 1.807) is 0 Å². The largest absolute Gasteiger partial charge is 0.368 e. The molecule has 0 fully saturated rings. The Morgan fingerprint density at radius 1 is 0.667 bits per heavy atom. The molecule has 3 rings (SSSR count). The van der Waals surface area contributed by atoms with E-state index < -0.39 is 0 Å². The zero-order chi connectivity index (χ0) is 16.5. The summed E-state index contributed by atoms with van der Waals surface area (Å²) in [5, 5.41) is 3.51. The lowest BCUT2D eigenvalue weighted by Crippen LogP contribution is -2.23. The molecular formula is C22H23NO. The van der Waals surface area contributed by atoms with Gasteiger partial charge < -0.3 is 10.1 Å². The van der Waals surface area contributed by atoms with E-state index in [2.05, 4.69) is 66.0 Å². The lowest BCUT2D eigenvalue weighted by Gasteiger charge is -2.19. The van der Waals surface area contributed by atoms with Crippen molar-refractivity contribution in [2.24, 2.45) is 0 Å². The Kier molecular flexibility index (Phi) is 6.18. The minimum absolute atomic E-state index is 0.0371. The van der Waals surface area contributed by atoms with Gasteiger partial charge in [0, 0.05) is 13.1 Å². The molecule has 24 heavy (non-hydrogen) atoms. The number of hydrogen-bond donors (Lipinski definition) is 1. The van der Waals surface area contributed by atoms with Crippen LogP contribution >= 0.6 is 0 Å². The van der Waals surface area contributed by atoms with Crippen LogP contribution in [-0.2, 0) is 17.9 Å². The Morgan fingerprint density at radius 2 is 1.21 bits per heavy atom. The van der Waals surface area contributed by atoms with Crippen molar-refractivity contribution >= 4 is 0 Å². The zero-order valence-corrected chi connectivity index (χ0v) is 13.8. The van der Waals surface area contributed by atoms with Crippen molar-refractivity contribution in [1.29, 1.82) is 0 Å². The molecule has 0 aliphatic rings. The molecule has 2 heteroatoms. The zero-order valence-electron chi connectivity index (χ0n) is 13.8. The summed E-state index contributed by atoms with van der Waals surface area (Å²) in [4.78, 5) is 0. The Bertz CT molecular complexity index is 698. The average Bonchev–Trinajstić information content (AvgIpc) is 2.67. The van der Waals surface area contributed by atoms with Gasteiger partial charge in [0.25, 0.3) is 0 Å². The van der Waals surface area contributed by atoms with E-state index in [1.165, 1.54) is 16.7 Å². The molecule has 0 aliphatic carbocycles. The molecule has 0 heterocycles. The van der Waals surface area contributed by atoms with Gasteiger partial charge in [0.1, 0.15) is 0 Å². The fourth-order valence-corrected chi connectivity index (χ4v) is 2.66. The van der Waals surface area contributed by atoms with E-state index >= 15 is 0 Å². The minimum Gasteiger partial charge on any atom is -0.368 e. The van der Waals surface area contributed by atoms with Crippen molar-refractivity contribution in [3.8, 4) is 0 Å². The van der Waals surface area contributed by atoms with Gasteiger partial charge in [-0.1, -0.05) is 91.0 Å². The van der Waals surface area contributed by atoms with Crippen LogP contribution in [0, 0.1) is 0 Å². The molecule has 1 N–H and O–H groups in total. The number of hydrogen-bond acceptors (Lipinski definition) is 2. The van der Waals surface area contributed by atoms with Gasteiger partial charge >= 0.3 is 0 Å². The third-order valence-corrected chi connectivity index (χ3v) is 3.97. The monoisotopic (exact) mass is 317 g/mol. The second-order valence-corrected chi connectivity index (χ2v) is 5.81. The maximum atomic E-state index is 6.19. The summed E-state index contributed by atoms with van der Waals surface area (Å²) in [7, 11) is 0. The normalized spacial score (nSPS) is 12.0. The average molecular weight is 317 g/mol. The molecule has 0 saturated heterocycles. The lowest BCUT2D eigenvalue weighted by atomic mass is 10.1. The van der Waals surface area contributed by atoms with Crippen LogP contribution in [0.5, 0.6) is 0 Å². The van der Waals surface area contributed by atoms with Crippen molar-refractivity contribution in [2.75, 3.05) is 6.54 Å². The molecule has 0 aliphatic heterocycles. The first kappa shape index (κ1) is 16.4. The van der Waals surface area contributed by atoms with E-state index in [4.69, 9.17) is 4.74 Å². The maximum Gasteiger partial charge on any atom is 0.0953 e. The summed E-state index contributed by atoms with van der Waals surface area (Å²) in [6, 6.07) is 31.2. The highest BCUT2D eigenvalue weighted by Gasteiger charge is 2.11. The fourth-order valence-electron chi connectivity index (χ4n) is 2.66. The molecule has 122 valence electrons. The van der Waals surface area contributed by atoms with Gasteiger partial charge in [0.2, 0.25) is 0 Å². The van der Waals surface area contributed by atoms with Gasteiger partial charge in [0.15, 0.2) is 0 Å². The van der Waals surface area contributed by atoms with Crippen LogP contribution in [0.3, 0.4) is 0 Å². The van der Waals surface area contributed by atoms with Crippen molar-refractivity contribution < 1.29 is 4.74 Å². The topological polar surface area (TPSA) is 21.3 Å². The first-order chi connectivity index (χ1) is 11.9. The minimum atomic E-state index is 0.0371. The summed E-state index contributed by atoms with van der Waals surface area (Å²) in [6.07, 6.45) is 0.0371. The van der Waals surface area contributed by atoms with Crippen molar-refractivity contribution in [1.82, 2.24) is 5.32 Å². The van der Waals surface area contributed by atoms with Gasteiger partial charge in [-0.15, -0.1) is 0 Å². The van der Waals surface area contributed by atoms with E-state index in [0.29, 0.717) is 6.61 Å². The molecule has 0 radical (unpaired) electrons. The molecule has 1 unspecified atom stereocenters. The van der Waals surface area contributed by atoms with Gasteiger partial charge in [-0.2, -0.15) is 0 Å². The summed E-state index contributed by atoms with van der Waals surface area (Å²) >= 11 is 0. The van der Waals surface area contributed by atoms with E-state index in [-0.39, 0.29) is 6.10 Å². The summed E-state index contributed by atoms with van der Waals surface area (Å²) in [6.45, 7) is 2.25. The molecule has 3 aromatic carbocycles. The van der Waals surface area contributed by atoms with Crippen LogP contribution in [-0.4, -0.2) is 6.54 Å². The van der Waals surface area contributed by atoms with Gasteiger partial charge in [-0.3, -0.25) is 0 Å². The Labute approximate surface area is 144 Å². The second-order valence-electron chi connectivity index (χ2n) is 5.81. The predicted octanol–water partition coefficient (Wildman–Crippen LogP) is 4.73. The maximum absolute atomic E-state index is 6.19. The Hall–Kier alpha value is -2.42. The molecule has 0 spiro atoms. The first-order valence-corrected chi connectivity index (χ1v) is 8.37. The number of rotatable bonds is 8. The van der Waals surface area contributed by atoms with E-state index in [1.807, 2.05) is 30.3 Å². The predicted molar refractivity (Wildman–Crippen MR) is 98.6 cm³/mol. The summed E-state index contributed by atoms with van der Waals surface area (Å²) in [5.41, 5.74) is 3.68. The first-order valence-electron chi connectivity index (χ1n) is 8.37. The lowest BCUT2D eigenvalue weighted by molar-refractivity contribution is 0.0396. The molecule has 0 saturated carbocycles. The van der Waals surface area contributed by atoms with E-state index in [9.17, 15) is 0 Å². The molecule has 3 aromatic rings. The Morgan fingerprint density at radius 3 is 1.83 bits per heavy atom. The third kappa shape index (κ3) is 5.05. The van der Waals surface area contributed by atoms with Crippen LogP contribution in [0.2, 0.25) is 0 Å². The standard InChI is InChI=1S/C22H23NO/c1-4-10-19(11-5-1)16-23-17-22(21-14-8-3-9-15-21)24-18-20-12-6-2-7-13-20/h1-15,22-23H,16-18H2. The Balaban J connectivity index is 1.59. The number of nitrogens with one attached hydrogen (secondary N) is 1. The van der Waals surface area contributed by atoms with Crippen molar-refractivity contribution in [3.63, 3.8) is 0 Å². The van der Waals surface area contributed by atoms with Gasteiger partial charge in [-0.05, 0) is 16.7 Å². The highest BCUT2D eigenvalue weighted by molar-refractivity contribution is 5.19. The highest BCUT2D eigenvalue weighted by Crippen LogP contribution is 2.18. The van der Waals surface area contributed by atoms with Crippen molar-refractivity contribution in [3.05, 3.63) is 108 Å². The van der Waals surface area contributed by atoms with Crippen LogP contribution in [0.4, 0.5) is 0 Å². The van der Waals surface area contributed by atoms with E-state index in [0.717, 1.165) is 13.1 Å². The van der Waals surface area contributed by atoms with Crippen LogP contribution in [0.15, 0.2) is 91.0 Å². The van der Waals surface area contributed by atoms with Crippen LogP contribution < -0.4 is 5.32 Å². The molecule has 2 nitrogen and oxygen atoms in total. The number of benzene rings is 3. The molecule has 0 bridgehead atoms. The van der Waals surface area contributed by atoms with Gasteiger partial charge in [0.05, 0.1) is 12.7 Å². The fraction of sp³-hybridized carbons (Fsp3) is 0.182. The summed E-state index contributed by atoms with van der Waals surface area (Å²) < 4.78 is 6.19.